The van der Waals surface area contributed by atoms with Gasteiger partial charge in [-0.05, 0) is 18.2 Å². The summed E-state index contributed by atoms with van der Waals surface area (Å²) in [7, 11) is -3.33. The molecule has 20 heavy (non-hydrogen) atoms. The quantitative estimate of drug-likeness (QED) is 0.836. The third-order valence-electron chi connectivity index (χ3n) is 2.69. The smallest absolute Gasteiger partial charge is 0.271 e. The number of benzene rings is 1. The number of anilines is 1. The minimum absolute atomic E-state index is 0.120. The van der Waals surface area contributed by atoms with Crippen molar-refractivity contribution in [2.24, 2.45) is 5.10 Å². The van der Waals surface area contributed by atoms with Gasteiger partial charge in [0.2, 0.25) is 5.91 Å². The van der Waals surface area contributed by atoms with E-state index in [1.54, 1.807) is 6.07 Å². The molecule has 7 nitrogen and oxygen atoms in total. The van der Waals surface area contributed by atoms with E-state index >= 15 is 0 Å². The van der Waals surface area contributed by atoms with Crippen molar-refractivity contribution in [3.63, 3.8) is 0 Å². The van der Waals surface area contributed by atoms with Crippen molar-refractivity contribution in [2.75, 3.05) is 11.6 Å². The Balaban J connectivity index is 2.14. The minimum Gasteiger partial charge on any atom is -0.321 e. The molecular formula is C12H13N3O4S. The molecule has 2 amide bonds. The number of hydrogen-bond donors (Lipinski definition) is 2. The Morgan fingerprint density at radius 1 is 1.35 bits per heavy atom. The first-order valence-electron chi connectivity index (χ1n) is 5.83. The first-order valence-corrected chi connectivity index (χ1v) is 7.72. The van der Waals surface area contributed by atoms with Crippen LogP contribution in [0.25, 0.3) is 0 Å². The molecule has 8 heteroatoms. The molecule has 0 bridgehead atoms. The maximum atomic E-state index is 11.9. The number of nitrogens with one attached hydrogen (secondary N) is 2. The number of carbonyl (C=O) groups is 2. The van der Waals surface area contributed by atoms with Crippen LogP contribution in [0.1, 0.15) is 12.8 Å². The largest absolute Gasteiger partial charge is 0.321 e. The van der Waals surface area contributed by atoms with E-state index in [9.17, 15) is 18.0 Å². The van der Waals surface area contributed by atoms with E-state index in [0.29, 0.717) is 5.69 Å². The number of rotatable bonds is 3. The molecule has 0 aliphatic carbocycles. The molecule has 1 aromatic rings. The van der Waals surface area contributed by atoms with Gasteiger partial charge in [0.1, 0.15) is 5.71 Å². The van der Waals surface area contributed by atoms with Crippen molar-refractivity contribution in [3.05, 3.63) is 24.3 Å². The molecule has 0 aromatic heterocycles. The summed E-state index contributed by atoms with van der Waals surface area (Å²) in [5.41, 5.74) is 2.79. The van der Waals surface area contributed by atoms with Crippen molar-refractivity contribution in [1.29, 1.82) is 0 Å². The molecular weight excluding hydrogens is 282 g/mol. The lowest BCUT2D eigenvalue weighted by atomic mass is 10.1. The van der Waals surface area contributed by atoms with Crippen LogP contribution in [0.5, 0.6) is 0 Å². The second kappa shape index (κ2) is 5.41. The lowest BCUT2D eigenvalue weighted by molar-refractivity contribution is -0.121. The minimum atomic E-state index is -3.33. The fourth-order valence-electron chi connectivity index (χ4n) is 1.65. The van der Waals surface area contributed by atoms with Gasteiger partial charge in [0.15, 0.2) is 9.84 Å². The molecule has 0 saturated heterocycles. The summed E-state index contributed by atoms with van der Waals surface area (Å²) in [6.45, 7) is 0. The monoisotopic (exact) mass is 295 g/mol. The maximum absolute atomic E-state index is 11.9. The molecule has 1 aromatic carbocycles. The first kappa shape index (κ1) is 14.2. The molecule has 1 aliphatic rings. The van der Waals surface area contributed by atoms with Crippen molar-refractivity contribution in [2.45, 2.75) is 17.7 Å². The zero-order valence-corrected chi connectivity index (χ0v) is 11.5. The topological polar surface area (TPSA) is 105 Å². The summed E-state index contributed by atoms with van der Waals surface area (Å²) >= 11 is 0. The highest BCUT2D eigenvalue weighted by atomic mass is 32.2. The number of nitrogens with zero attached hydrogens (tertiary/aromatic N) is 1. The Kier molecular flexibility index (Phi) is 3.84. The molecule has 0 spiro atoms. The summed E-state index contributed by atoms with van der Waals surface area (Å²) in [5.74, 6) is -0.698. The average molecular weight is 295 g/mol. The van der Waals surface area contributed by atoms with Crippen molar-refractivity contribution < 1.29 is 18.0 Å². The Hall–Kier alpha value is -2.22. The van der Waals surface area contributed by atoms with Crippen LogP contribution in [-0.2, 0) is 19.4 Å². The molecule has 1 heterocycles. The zero-order valence-electron chi connectivity index (χ0n) is 10.7. The Labute approximate surface area is 116 Å². The lowest BCUT2D eigenvalue weighted by Gasteiger charge is -2.12. The summed E-state index contributed by atoms with van der Waals surface area (Å²) in [4.78, 5) is 22.9. The van der Waals surface area contributed by atoms with Crippen LogP contribution in [0.3, 0.4) is 0 Å². The lowest BCUT2D eigenvalue weighted by Crippen LogP contribution is -2.32. The number of carbonyl (C=O) groups excluding carboxylic acids is 2. The van der Waals surface area contributed by atoms with Gasteiger partial charge in [-0.1, -0.05) is 6.07 Å². The highest BCUT2D eigenvalue weighted by Gasteiger charge is 2.18. The first-order chi connectivity index (χ1) is 9.36. The van der Waals surface area contributed by atoms with Gasteiger partial charge in [0, 0.05) is 24.8 Å². The van der Waals surface area contributed by atoms with Gasteiger partial charge in [-0.3, -0.25) is 9.59 Å². The normalized spacial score (nSPS) is 15.2. The van der Waals surface area contributed by atoms with E-state index in [0.717, 1.165) is 6.26 Å². The van der Waals surface area contributed by atoms with Crippen LogP contribution in [-0.4, -0.2) is 32.2 Å². The average Bonchev–Trinajstić information content (AvgIpc) is 2.38. The summed E-state index contributed by atoms with van der Waals surface area (Å²) in [6, 6.07) is 5.93. The van der Waals surface area contributed by atoms with Gasteiger partial charge in [0.05, 0.1) is 4.90 Å². The zero-order chi connectivity index (χ0) is 14.8. The molecule has 0 saturated carbocycles. The standard InChI is InChI=1S/C12H13N3O4S/c1-20(18,19)9-4-2-3-8(7-9)13-12(17)10-5-6-11(16)15-14-10/h2-4,7H,5-6H2,1H3,(H,13,17)(H,15,16). The molecule has 0 fully saturated rings. The van der Waals surface area contributed by atoms with Crippen LogP contribution in [0.2, 0.25) is 0 Å². The molecule has 0 unspecified atom stereocenters. The summed E-state index contributed by atoms with van der Waals surface area (Å²) in [5, 5.41) is 6.22. The fourth-order valence-corrected chi connectivity index (χ4v) is 2.31. The molecule has 106 valence electrons. The second-order valence-electron chi connectivity index (χ2n) is 4.35. The Morgan fingerprint density at radius 2 is 2.10 bits per heavy atom. The van der Waals surface area contributed by atoms with Gasteiger partial charge in [0.25, 0.3) is 5.91 Å². The third kappa shape index (κ3) is 3.41. The van der Waals surface area contributed by atoms with Crippen LogP contribution < -0.4 is 10.7 Å². The molecule has 2 rings (SSSR count). The van der Waals surface area contributed by atoms with Crippen molar-refractivity contribution >= 4 is 33.1 Å². The van der Waals surface area contributed by atoms with E-state index in [-0.39, 0.29) is 29.4 Å². The van der Waals surface area contributed by atoms with Crippen molar-refractivity contribution in [1.82, 2.24) is 5.43 Å². The van der Waals surface area contributed by atoms with E-state index in [1.165, 1.54) is 18.2 Å². The number of hydrazone groups is 1. The summed E-state index contributed by atoms with van der Waals surface area (Å²) in [6.07, 6.45) is 1.55. The SMILES string of the molecule is CS(=O)(=O)c1cccc(NC(=O)C2=NNC(=O)CC2)c1. The highest BCUT2D eigenvalue weighted by molar-refractivity contribution is 7.90. The fraction of sp³-hybridized carbons (Fsp3) is 0.250. The highest BCUT2D eigenvalue weighted by Crippen LogP contribution is 2.15. The van der Waals surface area contributed by atoms with Gasteiger partial charge in [-0.2, -0.15) is 5.10 Å². The molecule has 1 aliphatic heterocycles. The van der Waals surface area contributed by atoms with Crippen LogP contribution in [0.15, 0.2) is 34.3 Å². The van der Waals surface area contributed by atoms with Crippen molar-refractivity contribution in [3.8, 4) is 0 Å². The van der Waals surface area contributed by atoms with Crippen LogP contribution >= 0.6 is 0 Å². The molecule has 0 atom stereocenters. The van der Waals surface area contributed by atoms with E-state index < -0.39 is 15.7 Å². The van der Waals surface area contributed by atoms with E-state index in [4.69, 9.17) is 0 Å². The third-order valence-corrected chi connectivity index (χ3v) is 3.80. The van der Waals surface area contributed by atoms with Gasteiger partial charge < -0.3 is 5.32 Å². The van der Waals surface area contributed by atoms with Gasteiger partial charge in [-0.25, -0.2) is 13.8 Å². The second-order valence-corrected chi connectivity index (χ2v) is 6.36. The number of amides is 2. The summed E-state index contributed by atoms with van der Waals surface area (Å²) < 4.78 is 22.8. The predicted molar refractivity (Wildman–Crippen MR) is 73.0 cm³/mol. The number of sulfone groups is 1. The predicted octanol–water partition coefficient (Wildman–Crippen LogP) is 0.295. The van der Waals surface area contributed by atoms with Gasteiger partial charge in [-0.15, -0.1) is 0 Å². The van der Waals surface area contributed by atoms with Crippen LogP contribution in [0, 0.1) is 0 Å². The van der Waals surface area contributed by atoms with E-state index in [2.05, 4.69) is 15.8 Å². The van der Waals surface area contributed by atoms with E-state index in [1.807, 2.05) is 0 Å². The van der Waals surface area contributed by atoms with Gasteiger partial charge >= 0.3 is 0 Å². The molecule has 2 N–H and O–H groups in total. The number of hydrogen-bond acceptors (Lipinski definition) is 5. The maximum Gasteiger partial charge on any atom is 0.271 e. The Morgan fingerprint density at radius 3 is 2.70 bits per heavy atom. The molecule has 0 radical (unpaired) electrons. The Bertz CT molecular complexity index is 694. The van der Waals surface area contributed by atoms with Crippen LogP contribution in [0.4, 0.5) is 5.69 Å².